The number of methoxy groups -OCH3 is 1. The lowest BCUT2D eigenvalue weighted by Gasteiger charge is -2.64. The van der Waals surface area contributed by atoms with Gasteiger partial charge in [-0.2, -0.15) is 0 Å². The van der Waals surface area contributed by atoms with Crippen LogP contribution >= 0.6 is 0 Å². The molecule has 38 heavy (non-hydrogen) atoms. The number of carbonyl (C=O) groups excluding carboxylic acids is 2. The number of alkyl carbamates (subject to hydrolysis) is 1. The summed E-state index contributed by atoms with van der Waals surface area (Å²) in [6.07, 6.45) is 6.04. The first-order valence-corrected chi connectivity index (χ1v) is 13.8. The number of aliphatic hydroxyl groups is 1. The summed E-state index contributed by atoms with van der Waals surface area (Å²) in [6.45, 7) is 7.37. The maximum absolute atomic E-state index is 12.9. The summed E-state index contributed by atoms with van der Waals surface area (Å²) in [6, 6.07) is 5.61. The van der Waals surface area contributed by atoms with E-state index in [0.29, 0.717) is 13.0 Å². The maximum Gasteiger partial charge on any atom is 0.407 e. The molecule has 1 saturated heterocycles. The molecule has 2 unspecified atom stereocenters. The van der Waals surface area contributed by atoms with Crippen LogP contribution in [0.4, 0.5) is 10.5 Å². The lowest BCUT2D eigenvalue weighted by atomic mass is 9.48. The van der Waals surface area contributed by atoms with Gasteiger partial charge in [0.15, 0.2) is 5.60 Å². The molecule has 0 radical (unpaired) electrons. The molecule has 1 amide bonds. The number of rotatable bonds is 8. The van der Waals surface area contributed by atoms with E-state index in [1.807, 2.05) is 26.1 Å². The van der Waals surface area contributed by atoms with E-state index in [4.69, 9.17) is 14.2 Å². The maximum atomic E-state index is 12.9. The number of amides is 1. The zero-order valence-electron chi connectivity index (χ0n) is 23.2. The van der Waals surface area contributed by atoms with Gasteiger partial charge in [-0.15, -0.1) is 0 Å². The number of ether oxygens (including phenoxy) is 3. The smallest absolute Gasteiger partial charge is 0.407 e. The van der Waals surface area contributed by atoms with Gasteiger partial charge in [-0.25, -0.2) is 4.79 Å². The minimum absolute atomic E-state index is 0.00454. The van der Waals surface area contributed by atoms with E-state index < -0.39 is 40.6 Å². The molecule has 1 aromatic rings. The zero-order valence-corrected chi connectivity index (χ0v) is 23.2. The second kappa shape index (κ2) is 9.75. The predicted octanol–water partition coefficient (Wildman–Crippen LogP) is 2.99. The molecule has 2 N–H and O–H groups in total. The van der Waals surface area contributed by atoms with E-state index >= 15 is 0 Å². The van der Waals surface area contributed by atoms with Crippen LogP contribution in [0.15, 0.2) is 30.4 Å². The van der Waals surface area contributed by atoms with Gasteiger partial charge in [0.2, 0.25) is 0 Å². The summed E-state index contributed by atoms with van der Waals surface area (Å²) in [5, 5.41) is 15.7. The van der Waals surface area contributed by atoms with Crippen molar-refractivity contribution in [1.29, 1.82) is 0 Å². The van der Waals surface area contributed by atoms with Crippen molar-refractivity contribution in [2.24, 2.45) is 5.41 Å². The van der Waals surface area contributed by atoms with Gasteiger partial charge < -0.3 is 29.5 Å². The highest BCUT2D eigenvalue weighted by Crippen LogP contribution is 2.67. The van der Waals surface area contributed by atoms with Crippen molar-refractivity contribution in [3.05, 3.63) is 35.9 Å². The molecule has 2 fully saturated rings. The predicted molar refractivity (Wildman–Crippen MR) is 143 cm³/mol. The first-order valence-electron chi connectivity index (χ1n) is 13.8. The monoisotopic (exact) mass is 527 g/mol. The Bertz CT molecular complexity index is 1130. The first-order chi connectivity index (χ1) is 18.2. The minimum Gasteiger partial charge on any atom is -0.497 e. The zero-order chi connectivity index (χ0) is 27.3. The molecule has 5 rings (SSSR count). The Morgan fingerprint density at radius 3 is 2.71 bits per heavy atom. The first kappa shape index (κ1) is 26.8. The summed E-state index contributed by atoms with van der Waals surface area (Å²) in [5.74, 6) is 0.266. The van der Waals surface area contributed by atoms with Crippen LogP contribution in [-0.4, -0.2) is 86.3 Å². The fraction of sp³-hybridized carbons (Fsp3) is 0.655. The molecule has 1 saturated carbocycles. The molecule has 1 aromatic carbocycles. The van der Waals surface area contributed by atoms with Crippen LogP contribution in [0.25, 0.3) is 0 Å². The molecule has 208 valence electrons. The molecule has 3 aliphatic heterocycles. The van der Waals surface area contributed by atoms with E-state index in [2.05, 4.69) is 40.3 Å². The van der Waals surface area contributed by atoms with E-state index in [9.17, 15) is 14.7 Å². The molecule has 0 bridgehead atoms. The molecular formula is C29H41N3O6. The number of esters is 1. The Balaban J connectivity index is 1.68. The second-order valence-corrected chi connectivity index (χ2v) is 11.3. The van der Waals surface area contributed by atoms with Crippen molar-refractivity contribution >= 4 is 17.7 Å². The molecule has 9 heteroatoms. The van der Waals surface area contributed by atoms with E-state index in [-0.39, 0.29) is 12.6 Å². The standard InChI is InChI=1S/C29H41N3O6/c1-6-8-14-30-26(34)37-18-29(35)24-28(21-11-10-20(36-5)17-22(21)31(24)4)13-16-32-15-9-12-27(7-2,23(28)32)25(29)38-19(3)33/h9-12,17,23-25,35H,6-8,13-16,18H2,1-5H3,(H,30,34)/t23?,24-,25-,27-,28-,29?/m1/s1. The van der Waals surface area contributed by atoms with E-state index in [1.165, 1.54) is 6.92 Å². The largest absolute Gasteiger partial charge is 0.497 e. The molecule has 1 aliphatic carbocycles. The summed E-state index contributed by atoms with van der Waals surface area (Å²) < 4.78 is 17.4. The average Bonchev–Trinajstić information content (AvgIpc) is 3.42. The van der Waals surface area contributed by atoms with Crippen LogP contribution in [0, 0.1) is 5.41 Å². The molecule has 6 atom stereocenters. The third-order valence-electron chi connectivity index (χ3n) is 9.45. The summed E-state index contributed by atoms with van der Waals surface area (Å²) >= 11 is 0. The number of fused-ring (bicyclic) bond motifs is 1. The van der Waals surface area contributed by atoms with Gasteiger partial charge in [-0.05, 0) is 37.4 Å². The number of hydrogen-bond donors (Lipinski definition) is 2. The van der Waals surface area contributed by atoms with Crippen molar-refractivity contribution in [3.8, 4) is 5.75 Å². The van der Waals surface area contributed by atoms with Crippen LogP contribution in [-0.2, 0) is 19.7 Å². The van der Waals surface area contributed by atoms with Crippen LogP contribution in [0.2, 0.25) is 0 Å². The number of nitrogens with one attached hydrogen (secondary N) is 1. The number of carbonyl (C=O) groups is 2. The highest BCUT2D eigenvalue weighted by Gasteiger charge is 2.78. The highest BCUT2D eigenvalue weighted by atomic mass is 16.6. The fourth-order valence-corrected chi connectivity index (χ4v) is 8.21. The highest BCUT2D eigenvalue weighted by molar-refractivity contribution is 5.72. The summed E-state index contributed by atoms with van der Waals surface area (Å²) in [7, 11) is 3.61. The number of benzene rings is 1. The lowest BCUT2D eigenvalue weighted by Crippen LogP contribution is -2.80. The van der Waals surface area contributed by atoms with Crippen molar-refractivity contribution in [2.75, 3.05) is 45.3 Å². The Kier molecular flexibility index (Phi) is 6.88. The molecular weight excluding hydrogens is 486 g/mol. The van der Waals surface area contributed by atoms with Gasteiger partial charge in [0.1, 0.15) is 18.5 Å². The molecule has 4 aliphatic rings. The second-order valence-electron chi connectivity index (χ2n) is 11.3. The number of hydrogen-bond acceptors (Lipinski definition) is 8. The van der Waals surface area contributed by atoms with Crippen molar-refractivity contribution in [3.63, 3.8) is 0 Å². The van der Waals surface area contributed by atoms with Gasteiger partial charge in [0.05, 0.1) is 13.2 Å². The van der Waals surface area contributed by atoms with Gasteiger partial charge in [0.25, 0.3) is 0 Å². The third kappa shape index (κ3) is 3.65. The van der Waals surface area contributed by atoms with Crippen LogP contribution in [0.1, 0.15) is 52.0 Å². The van der Waals surface area contributed by atoms with Gasteiger partial charge in [-0.3, -0.25) is 9.69 Å². The lowest BCUT2D eigenvalue weighted by molar-refractivity contribution is -0.228. The summed E-state index contributed by atoms with van der Waals surface area (Å²) in [5.41, 5.74) is -0.691. The number of anilines is 1. The Labute approximate surface area is 225 Å². The van der Waals surface area contributed by atoms with Crippen LogP contribution in [0.3, 0.4) is 0 Å². The number of unbranched alkanes of at least 4 members (excludes halogenated alkanes) is 1. The molecule has 3 heterocycles. The SMILES string of the molecule is CCCCNC(=O)OCC1(O)[C@H](OC(C)=O)[C@]2(CC)C=CCN3CC[C@@]4(c5ccc(OC)cc5N(C)[C@@H]14)C32. The Hall–Kier alpha value is -2.78. The van der Waals surface area contributed by atoms with Crippen LogP contribution < -0.4 is 15.0 Å². The van der Waals surface area contributed by atoms with Crippen molar-refractivity contribution in [1.82, 2.24) is 10.2 Å². The number of likely N-dealkylation sites (N-methyl/N-ethyl adjacent to an activating group) is 1. The van der Waals surface area contributed by atoms with Gasteiger partial charge in [0, 0.05) is 55.7 Å². The van der Waals surface area contributed by atoms with Crippen LogP contribution in [0.5, 0.6) is 5.75 Å². The fourth-order valence-electron chi connectivity index (χ4n) is 8.21. The molecule has 1 spiro atoms. The normalized spacial score (nSPS) is 34.8. The number of nitrogens with zero attached hydrogens (tertiary/aromatic N) is 2. The van der Waals surface area contributed by atoms with E-state index in [0.717, 1.165) is 49.4 Å². The summed E-state index contributed by atoms with van der Waals surface area (Å²) in [4.78, 5) is 29.8. The molecule has 0 aromatic heterocycles. The minimum atomic E-state index is -1.68. The Morgan fingerprint density at radius 1 is 1.24 bits per heavy atom. The van der Waals surface area contributed by atoms with Gasteiger partial charge >= 0.3 is 12.1 Å². The third-order valence-corrected chi connectivity index (χ3v) is 9.45. The molecule has 9 nitrogen and oxygen atoms in total. The van der Waals surface area contributed by atoms with Crippen molar-refractivity contribution < 1.29 is 28.9 Å². The average molecular weight is 528 g/mol. The quantitative estimate of drug-likeness (QED) is 0.302. The van der Waals surface area contributed by atoms with Gasteiger partial charge in [-0.1, -0.05) is 38.5 Å². The Morgan fingerprint density at radius 2 is 2.03 bits per heavy atom. The van der Waals surface area contributed by atoms with Crippen molar-refractivity contribution in [2.45, 2.75) is 75.7 Å². The van der Waals surface area contributed by atoms with E-state index in [1.54, 1.807) is 7.11 Å². The topological polar surface area (TPSA) is 101 Å².